The average molecular weight is 579 g/mol. The molecule has 0 bridgehead atoms. The maximum atomic E-state index is 5.77. The van der Waals surface area contributed by atoms with E-state index in [-0.39, 0.29) is 0 Å². The van der Waals surface area contributed by atoms with Crippen molar-refractivity contribution < 1.29 is 28.4 Å². The van der Waals surface area contributed by atoms with E-state index >= 15 is 0 Å². The van der Waals surface area contributed by atoms with Crippen LogP contribution in [-0.2, 0) is 0 Å². The number of nitrogens with zero attached hydrogens (tertiary/aromatic N) is 1. The predicted octanol–water partition coefficient (Wildman–Crippen LogP) is 7.88. The van der Waals surface area contributed by atoms with Crippen LogP contribution < -0.4 is 33.7 Å². The van der Waals surface area contributed by atoms with Gasteiger partial charge in [-0.15, -0.1) is 0 Å². The molecule has 8 heteroatoms. The Bertz CT molecular complexity index is 1620. The van der Waals surface area contributed by atoms with Gasteiger partial charge in [0.2, 0.25) is 0 Å². The molecular formula is C35H34N2O6. The molecule has 5 aromatic rings. The van der Waals surface area contributed by atoms with Crippen molar-refractivity contribution in [3.63, 3.8) is 0 Å². The van der Waals surface area contributed by atoms with Crippen LogP contribution >= 0.6 is 0 Å². The van der Waals surface area contributed by atoms with Gasteiger partial charge < -0.3 is 33.7 Å². The lowest BCUT2D eigenvalue weighted by Crippen LogP contribution is -1.99. The minimum atomic E-state index is 0.558. The summed E-state index contributed by atoms with van der Waals surface area (Å²) in [7, 11) is 9.61. The normalized spacial score (nSPS) is 10.6. The highest BCUT2D eigenvalue weighted by Crippen LogP contribution is 2.44. The van der Waals surface area contributed by atoms with Crippen molar-refractivity contribution in [2.24, 2.45) is 0 Å². The Hall–Kier alpha value is -5.37. The molecular weight excluding hydrogens is 544 g/mol. The Balaban J connectivity index is 1.69. The van der Waals surface area contributed by atoms with Crippen LogP contribution in [0.25, 0.3) is 33.6 Å². The van der Waals surface area contributed by atoms with Gasteiger partial charge in [0.25, 0.3) is 0 Å². The van der Waals surface area contributed by atoms with E-state index < -0.39 is 0 Å². The molecule has 0 aliphatic heterocycles. The molecule has 1 N–H and O–H groups in total. The van der Waals surface area contributed by atoms with Gasteiger partial charge in [-0.1, -0.05) is 30.3 Å². The molecule has 43 heavy (non-hydrogen) atoms. The van der Waals surface area contributed by atoms with Gasteiger partial charge in [-0.05, 0) is 59.7 Å². The maximum Gasteiger partial charge on any atom is 0.164 e. The average Bonchev–Trinajstić information content (AvgIpc) is 3.07. The maximum absolute atomic E-state index is 5.77. The van der Waals surface area contributed by atoms with Crippen LogP contribution in [0.4, 0.5) is 11.4 Å². The largest absolute Gasteiger partial charge is 0.496 e. The summed E-state index contributed by atoms with van der Waals surface area (Å²) in [5.41, 5.74) is 6.78. The first kappa shape index (κ1) is 29.1. The Kier molecular flexibility index (Phi) is 8.86. The molecule has 0 saturated heterocycles. The summed E-state index contributed by atoms with van der Waals surface area (Å²) in [5.74, 6) is 3.43. The minimum absolute atomic E-state index is 0.558. The van der Waals surface area contributed by atoms with E-state index in [0.717, 1.165) is 33.6 Å². The smallest absolute Gasteiger partial charge is 0.164 e. The third kappa shape index (κ3) is 6.13. The third-order valence-electron chi connectivity index (χ3n) is 7.07. The van der Waals surface area contributed by atoms with Crippen molar-refractivity contribution in [3.8, 4) is 68.1 Å². The number of rotatable bonds is 11. The van der Waals surface area contributed by atoms with Crippen molar-refractivity contribution in [1.82, 2.24) is 4.98 Å². The topological polar surface area (TPSA) is 80.3 Å². The van der Waals surface area contributed by atoms with Crippen LogP contribution in [0.5, 0.6) is 34.5 Å². The van der Waals surface area contributed by atoms with Gasteiger partial charge in [-0.25, -0.2) is 4.98 Å². The number of benzene rings is 4. The summed E-state index contributed by atoms with van der Waals surface area (Å²) in [4.78, 5) is 5.09. The quantitative estimate of drug-likeness (QED) is 0.170. The van der Waals surface area contributed by atoms with Crippen molar-refractivity contribution in [2.75, 3.05) is 48.0 Å². The number of hydrogen-bond acceptors (Lipinski definition) is 8. The lowest BCUT2D eigenvalue weighted by atomic mass is 9.98. The summed E-state index contributed by atoms with van der Waals surface area (Å²) in [6.45, 7) is 0. The molecule has 0 fully saturated rings. The van der Waals surface area contributed by atoms with Gasteiger partial charge in [0.15, 0.2) is 23.0 Å². The number of ether oxygens (including phenoxy) is 6. The van der Waals surface area contributed by atoms with E-state index in [0.29, 0.717) is 45.9 Å². The molecule has 0 aliphatic carbocycles. The van der Waals surface area contributed by atoms with Crippen molar-refractivity contribution in [2.45, 2.75) is 0 Å². The van der Waals surface area contributed by atoms with E-state index in [1.165, 1.54) is 0 Å². The van der Waals surface area contributed by atoms with Crippen molar-refractivity contribution in [3.05, 3.63) is 91.0 Å². The van der Waals surface area contributed by atoms with Gasteiger partial charge in [0.1, 0.15) is 11.5 Å². The Morgan fingerprint density at radius 1 is 0.419 bits per heavy atom. The highest BCUT2D eigenvalue weighted by atomic mass is 16.5. The first-order valence-electron chi connectivity index (χ1n) is 13.6. The number of anilines is 2. The second kappa shape index (κ2) is 13.1. The fourth-order valence-corrected chi connectivity index (χ4v) is 4.87. The molecule has 0 saturated carbocycles. The summed E-state index contributed by atoms with van der Waals surface area (Å²) < 4.78 is 33.8. The molecule has 0 atom stereocenters. The van der Waals surface area contributed by atoms with E-state index in [1.54, 1.807) is 54.8 Å². The fourth-order valence-electron chi connectivity index (χ4n) is 4.87. The van der Waals surface area contributed by atoms with Gasteiger partial charge >= 0.3 is 0 Å². The van der Waals surface area contributed by atoms with Crippen molar-refractivity contribution >= 4 is 11.4 Å². The van der Waals surface area contributed by atoms with Crippen LogP contribution in [0.1, 0.15) is 0 Å². The summed E-state index contributed by atoms with van der Waals surface area (Å²) in [5, 5.41) is 3.44. The zero-order valence-electron chi connectivity index (χ0n) is 25.1. The van der Waals surface area contributed by atoms with Crippen molar-refractivity contribution in [1.29, 1.82) is 0 Å². The number of methoxy groups -OCH3 is 6. The fraction of sp³-hybridized carbons (Fsp3) is 0.171. The summed E-state index contributed by atoms with van der Waals surface area (Å²) in [6, 6.07) is 29.7. The highest BCUT2D eigenvalue weighted by Gasteiger charge is 2.20. The molecule has 0 aliphatic rings. The number of hydrogen-bond donors (Lipinski definition) is 1. The van der Waals surface area contributed by atoms with Crippen LogP contribution in [0.3, 0.4) is 0 Å². The number of para-hydroxylation sites is 1. The molecule has 0 unspecified atom stereocenters. The van der Waals surface area contributed by atoms with E-state index in [2.05, 4.69) is 29.6 Å². The summed E-state index contributed by atoms with van der Waals surface area (Å²) >= 11 is 0. The SMILES string of the molecule is COc1cc(OC)c(-c2cc(-c3ccc(Nc4ccccc4)cc3)cc(-c3cc(OC)c(OC)cc3OC)n2)cc1OC. The molecule has 220 valence electrons. The lowest BCUT2D eigenvalue weighted by molar-refractivity contribution is 0.349. The monoisotopic (exact) mass is 578 g/mol. The Morgan fingerprint density at radius 2 is 0.837 bits per heavy atom. The van der Waals surface area contributed by atoms with E-state index in [1.807, 2.05) is 54.6 Å². The van der Waals surface area contributed by atoms with Gasteiger partial charge in [-0.2, -0.15) is 0 Å². The third-order valence-corrected chi connectivity index (χ3v) is 7.07. The minimum Gasteiger partial charge on any atom is -0.496 e. The first-order chi connectivity index (χ1) is 21.0. The number of aromatic nitrogens is 1. The Morgan fingerprint density at radius 3 is 1.28 bits per heavy atom. The lowest BCUT2D eigenvalue weighted by Gasteiger charge is -2.17. The zero-order chi connectivity index (χ0) is 30.3. The molecule has 0 spiro atoms. The van der Waals surface area contributed by atoms with Gasteiger partial charge in [0, 0.05) is 34.6 Å². The second-order valence-electron chi connectivity index (χ2n) is 9.51. The molecule has 5 rings (SSSR count). The number of nitrogens with one attached hydrogen (secondary N) is 1. The van der Waals surface area contributed by atoms with Gasteiger partial charge in [-0.3, -0.25) is 0 Å². The first-order valence-corrected chi connectivity index (χ1v) is 13.6. The molecule has 1 aromatic heterocycles. The van der Waals surface area contributed by atoms with Gasteiger partial charge in [0.05, 0.1) is 54.0 Å². The van der Waals surface area contributed by atoms with Crippen LogP contribution in [-0.4, -0.2) is 47.6 Å². The molecule has 4 aromatic carbocycles. The highest BCUT2D eigenvalue weighted by molar-refractivity contribution is 5.82. The van der Waals surface area contributed by atoms with Crippen LogP contribution in [0.2, 0.25) is 0 Å². The molecule has 1 heterocycles. The molecule has 0 radical (unpaired) electrons. The second-order valence-corrected chi connectivity index (χ2v) is 9.51. The van der Waals surface area contributed by atoms with E-state index in [9.17, 15) is 0 Å². The summed E-state index contributed by atoms with van der Waals surface area (Å²) in [6.07, 6.45) is 0. The zero-order valence-corrected chi connectivity index (χ0v) is 25.1. The van der Waals surface area contributed by atoms with Crippen LogP contribution in [0.15, 0.2) is 91.0 Å². The van der Waals surface area contributed by atoms with Crippen LogP contribution in [0, 0.1) is 0 Å². The standard InChI is InChI=1S/C35H34N2O6/c1-38-30-20-34(42-5)32(40-3)18-26(30)28-16-23(22-12-14-25(15-13-22)36-24-10-8-7-9-11-24)17-29(37-28)27-19-33(41-4)35(43-6)21-31(27)39-2/h7-21,36H,1-6H3. The number of pyridine rings is 1. The molecule has 8 nitrogen and oxygen atoms in total. The van der Waals surface area contributed by atoms with E-state index in [4.69, 9.17) is 33.4 Å². The predicted molar refractivity (Wildman–Crippen MR) is 170 cm³/mol. The molecule has 0 amide bonds. The Labute approximate surface area is 251 Å².